The van der Waals surface area contributed by atoms with E-state index in [1.807, 2.05) is 0 Å². The van der Waals surface area contributed by atoms with E-state index in [1.54, 1.807) is 4.46 Å². The van der Waals surface area contributed by atoms with Gasteiger partial charge < -0.3 is 0 Å². The summed E-state index contributed by atoms with van der Waals surface area (Å²) in [6.07, 6.45) is 4.36. The average Bonchev–Trinajstić information content (AvgIpc) is 2.30. The minimum absolute atomic E-state index is 0.672. The Morgan fingerprint density at radius 1 is 1.12 bits per heavy atom. The summed E-state index contributed by atoms with van der Waals surface area (Å²) < 4.78 is 1.59. The van der Waals surface area contributed by atoms with Gasteiger partial charge in [-0.25, -0.2) is 0 Å². The predicted octanol–water partition coefficient (Wildman–Crippen LogP) is 3.90. The van der Waals surface area contributed by atoms with Crippen LogP contribution in [-0.2, 0) is 0 Å². The molecule has 1 aliphatic rings. The molecule has 0 radical (unpaired) electrons. The molecule has 0 unspecified atom stereocenters. The van der Waals surface area contributed by atoms with Crippen LogP contribution in [0.5, 0.6) is 0 Å². The van der Waals surface area contributed by atoms with Crippen LogP contribution in [0.25, 0.3) is 0 Å². The van der Waals surface area contributed by atoms with Crippen LogP contribution in [-0.4, -0.2) is 15.0 Å². The summed E-state index contributed by atoms with van der Waals surface area (Å²) in [5.74, 6) is 2.77. The van der Waals surface area contributed by atoms with Gasteiger partial charge >= 0.3 is 112 Å². The molecule has 1 saturated carbocycles. The van der Waals surface area contributed by atoms with E-state index in [1.165, 1.54) is 19.3 Å². The van der Waals surface area contributed by atoms with Crippen LogP contribution in [0.2, 0.25) is 4.82 Å². The Labute approximate surface area is 112 Å². The molecule has 17 heavy (non-hydrogen) atoms. The topological polar surface area (TPSA) is 0 Å². The molecular weight excluding hydrogens is 271 g/mol. The minimum atomic E-state index is 0.672. The van der Waals surface area contributed by atoms with E-state index in [0.29, 0.717) is 15.0 Å². The van der Waals surface area contributed by atoms with E-state index in [0.717, 1.165) is 22.6 Å². The molecule has 1 heteroatoms. The number of hydrogen-bond donors (Lipinski definition) is 0. The summed E-state index contributed by atoms with van der Waals surface area (Å²) >= 11 is 0.672. The normalized spacial score (nSPS) is 29.5. The van der Waals surface area contributed by atoms with Gasteiger partial charge in [0.1, 0.15) is 0 Å². The first-order chi connectivity index (χ1) is 8.16. The summed E-state index contributed by atoms with van der Waals surface area (Å²) in [5, 5.41) is 0. The van der Waals surface area contributed by atoms with Crippen LogP contribution in [0.15, 0.2) is 30.3 Å². The molecule has 0 amide bonds. The Bertz CT molecular complexity index is 331. The molecular formula is C16H24Se. The summed E-state index contributed by atoms with van der Waals surface area (Å²) in [5.41, 5.74) is 0. The molecule has 94 valence electrons. The quantitative estimate of drug-likeness (QED) is 0.742. The number of hydrogen-bond acceptors (Lipinski definition) is 0. The monoisotopic (exact) mass is 296 g/mol. The Morgan fingerprint density at radius 2 is 1.82 bits per heavy atom. The van der Waals surface area contributed by atoms with Gasteiger partial charge in [0.15, 0.2) is 0 Å². The molecule has 0 aromatic heterocycles. The molecule has 0 bridgehead atoms. The molecule has 0 spiro atoms. The summed E-state index contributed by atoms with van der Waals surface area (Å²) in [6.45, 7) is 7.26. The molecule has 1 aromatic rings. The second kappa shape index (κ2) is 6.07. The first kappa shape index (κ1) is 13.2. The third-order valence-electron chi connectivity index (χ3n) is 3.99. The van der Waals surface area contributed by atoms with E-state index in [4.69, 9.17) is 0 Å². The first-order valence-electron chi connectivity index (χ1n) is 6.88. The van der Waals surface area contributed by atoms with Crippen molar-refractivity contribution < 1.29 is 0 Å². The van der Waals surface area contributed by atoms with Crippen molar-refractivity contribution >= 4 is 19.4 Å². The standard InChI is InChI=1S/C16H24Se/c1-12(2)15-10-9-13(3)11-16(15)17-14-7-5-4-6-8-14/h4-8,12-13,15-16H,9-11H2,1-3H3/t13-,15+,16+/m1/s1. The molecule has 0 saturated heterocycles. The maximum absolute atomic E-state index is 2.44. The van der Waals surface area contributed by atoms with Crippen LogP contribution in [0.4, 0.5) is 0 Å². The Kier molecular flexibility index (Phi) is 4.70. The van der Waals surface area contributed by atoms with Gasteiger partial charge in [0.2, 0.25) is 0 Å². The second-order valence-electron chi connectivity index (χ2n) is 5.80. The summed E-state index contributed by atoms with van der Waals surface area (Å²) in [6, 6.07) is 11.1. The Balaban J connectivity index is 2.05. The Morgan fingerprint density at radius 3 is 2.47 bits per heavy atom. The first-order valence-corrected chi connectivity index (χ1v) is 8.73. The van der Waals surface area contributed by atoms with E-state index >= 15 is 0 Å². The van der Waals surface area contributed by atoms with Gasteiger partial charge in [-0.3, -0.25) is 0 Å². The van der Waals surface area contributed by atoms with Gasteiger partial charge in [-0.1, -0.05) is 0 Å². The van der Waals surface area contributed by atoms with E-state index < -0.39 is 0 Å². The van der Waals surface area contributed by atoms with Crippen molar-refractivity contribution in [1.82, 2.24) is 0 Å². The fourth-order valence-electron chi connectivity index (χ4n) is 2.92. The van der Waals surface area contributed by atoms with Crippen molar-refractivity contribution in [2.24, 2.45) is 17.8 Å². The van der Waals surface area contributed by atoms with Crippen molar-refractivity contribution in [3.05, 3.63) is 30.3 Å². The summed E-state index contributed by atoms with van der Waals surface area (Å²) in [4.78, 5) is 0.966. The zero-order valence-electron chi connectivity index (χ0n) is 11.2. The third-order valence-corrected chi connectivity index (χ3v) is 6.91. The molecule has 0 nitrogen and oxygen atoms in total. The van der Waals surface area contributed by atoms with Crippen molar-refractivity contribution in [2.45, 2.75) is 44.9 Å². The number of benzene rings is 1. The third kappa shape index (κ3) is 3.60. The fourth-order valence-corrected chi connectivity index (χ4v) is 6.52. The van der Waals surface area contributed by atoms with E-state index in [9.17, 15) is 0 Å². The molecule has 1 fully saturated rings. The van der Waals surface area contributed by atoms with Crippen LogP contribution in [0, 0.1) is 17.8 Å². The molecule has 3 atom stereocenters. The van der Waals surface area contributed by atoms with Gasteiger partial charge in [0.25, 0.3) is 0 Å². The fraction of sp³-hybridized carbons (Fsp3) is 0.625. The van der Waals surface area contributed by atoms with Crippen LogP contribution < -0.4 is 4.46 Å². The SMILES string of the molecule is CC(C)[C@@H]1CC[C@@H](C)C[C@@H]1[Se]c1ccccc1. The Hall–Kier alpha value is -0.261. The van der Waals surface area contributed by atoms with E-state index in [-0.39, 0.29) is 0 Å². The zero-order valence-corrected chi connectivity index (χ0v) is 12.9. The number of rotatable bonds is 3. The summed E-state index contributed by atoms with van der Waals surface area (Å²) in [7, 11) is 0. The molecule has 0 heterocycles. The van der Waals surface area contributed by atoms with Crippen LogP contribution in [0.1, 0.15) is 40.0 Å². The molecule has 0 N–H and O–H groups in total. The zero-order chi connectivity index (χ0) is 12.3. The van der Waals surface area contributed by atoms with Crippen molar-refractivity contribution in [2.75, 3.05) is 0 Å². The van der Waals surface area contributed by atoms with Gasteiger partial charge in [-0.05, 0) is 0 Å². The van der Waals surface area contributed by atoms with Gasteiger partial charge in [-0.2, -0.15) is 0 Å². The van der Waals surface area contributed by atoms with Crippen LogP contribution >= 0.6 is 0 Å². The van der Waals surface area contributed by atoms with Gasteiger partial charge in [-0.15, -0.1) is 0 Å². The van der Waals surface area contributed by atoms with Crippen molar-refractivity contribution in [3.8, 4) is 0 Å². The molecule has 1 aliphatic carbocycles. The second-order valence-corrected chi connectivity index (χ2v) is 8.55. The van der Waals surface area contributed by atoms with Crippen LogP contribution in [0.3, 0.4) is 0 Å². The molecule has 1 aromatic carbocycles. The average molecular weight is 295 g/mol. The molecule has 0 aliphatic heterocycles. The van der Waals surface area contributed by atoms with Gasteiger partial charge in [0, 0.05) is 0 Å². The van der Waals surface area contributed by atoms with Crippen molar-refractivity contribution in [3.63, 3.8) is 0 Å². The molecule has 2 rings (SSSR count). The predicted molar refractivity (Wildman–Crippen MR) is 76.9 cm³/mol. The maximum atomic E-state index is 2.44. The van der Waals surface area contributed by atoms with E-state index in [2.05, 4.69) is 51.1 Å². The van der Waals surface area contributed by atoms with Gasteiger partial charge in [0.05, 0.1) is 0 Å². The van der Waals surface area contributed by atoms with Crippen molar-refractivity contribution in [1.29, 1.82) is 0 Å².